The van der Waals surface area contributed by atoms with Crippen molar-refractivity contribution >= 4 is 29.1 Å². The maximum absolute atomic E-state index is 13.0. The quantitative estimate of drug-likeness (QED) is 0.853. The minimum absolute atomic E-state index is 0.0135. The molecule has 0 spiro atoms. The zero-order chi connectivity index (χ0) is 14.7. The Morgan fingerprint density at radius 1 is 1.45 bits per heavy atom. The number of thioether (sulfide) groups is 1. The fraction of sp³-hybridized carbons (Fsp3) is 0.286. The molecule has 1 heterocycles. The van der Waals surface area contributed by atoms with Crippen LogP contribution in [0.4, 0.5) is 4.39 Å². The Bertz CT molecular complexity index is 640. The first-order valence-corrected chi connectivity index (χ1v) is 7.82. The first kappa shape index (κ1) is 15.0. The normalized spacial score (nSPS) is 10.8. The van der Waals surface area contributed by atoms with E-state index in [0.717, 1.165) is 26.0 Å². The van der Waals surface area contributed by atoms with Crippen LogP contribution in [0.5, 0.6) is 0 Å². The number of carboxylic acids is 1. The van der Waals surface area contributed by atoms with Crippen LogP contribution in [0.3, 0.4) is 0 Å². The second-order valence-corrected chi connectivity index (χ2v) is 6.72. The number of rotatable bonds is 5. The van der Waals surface area contributed by atoms with E-state index in [2.05, 4.69) is 4.98 Å². The fourth-order valence-electron chi connectivity index (χ4n) is 1.73. The molecular formula is C14H14FNO2S2. The van der Waals surface area contributed by atoms with Gasteiger partial charge in [-0.15, -0.1) is 11.3 Å². The van der Waals surface area contributed by atoms with Crippen LogP contribution in [-0.2, 0) is 17.0 Å². The van der Waals surface area contributed by atoms with Crippen molar-refractivity contribution in [1.82, 2.24) is 4.98 Å². The van der Waals surface area contributed by atoms with Gasteiger partial charge in [0.1, 0.15) is 5.82 Å². The first-order chi connectivity index (χ1) is 9.45. The minimum atomic E-state index is -0.845. The zero-order valence-electron chi connectivity index (χ0n) is 11.1. The molecule has 0 fully saturated rings. The number of aromatic nitrogens is 1. The van der Waals surface area contributed by atoms with Gasteiger partial charge in [-0.25, -0.2) is 9.37 Å². The Kier molecular flexibility index (Phi) is 4.77. The van der Waals surface area contributed by atoms with E-state index in [1.807, 2.05) is 13.8 Å². The molecule has 0 aliphatic rings. The number of carbonyl (C=O) groups is 1. The van der Waals surface area contributed by atoms with Crippen molar-refractivity contribution in [2.75, 3.05) is 0 Å². The SMILES string of the molecule is Cc1cc(F)ccc1CSc1nc(C)c(CC(=O)O)s1. The Morgan fingerprint density at radius 3 is 2.85 bits per heavy atom. The van der Waals surface area contributed by atoms with E-state index in [4.69, 9.17) is 5.11 Å². The third-order valence-corrected chi connectivity index (χ3v) is 5.19. The molecular weight excluding hydrogens is 297 g/mol. The predicted octanol–water partition coefficient (Wildman–Crippen LogP) is 3.82. The summed E-state index contributed by atoms with van der Waals surface area (Å²) in [5.74, 6) is -0.376. The van der Waals surface area contributed by atoms with Gasteiger partial charge in [0.25, 0.3) is 0 Å². The zero-order valence-corrected chi connectivity index (χ0v) is 12.8. The van der Waals surface area contributed by atoms with Gasteiger partial charge < -0.3 is 5.11 Å². The van der Waals surface area contributed by atoms with Crippen LogP contribution in [0.15, 0.2) is 22.5 Å². The second kappa shape index (κ2) is 6.37. The van der Waals surface area contributed by atoms with E-state index in [9.17, 15) is 9.18 Å². The van der Waals surface area contributed by atoms with Crippen LogP contribution in [0.1, 0.15) is 21.7 Å². The number of hydrogen-bond acceptors (Lipinski definition) is 4. The van der Waals surface area contributed by atoms with Crippen molar-refractivity contribution in [3.63, 3.8) is 0 Å². The largest absolute Gasteiger partial charge is 0.481 e. The molecule has 1 aromatic heterocycles. The highest BCUT2D eigenvalue weighted by atomic mass is 32.2. The van der Waals surface area contributed by atoms with Crippen LogP contribution >= 0.6 is 23.1 Å². The molecule has 3 nitrogen and oxygen atoms in total. The maximum Gasteiger partial charge on any atom is 0.308 e. The summed E-state index contributed by atoms with van der Waals surface area (Å²) in [5, 5.41) is 8.81. The van der Waals surface area contributed by atoms with Crippen molar-refractivity contribution in [3.8, 4) is 0 Å². The molecule has 0 unspecified atom stereocenters. The third kappa shape index (κ3) is 3.80. The molecule has 0 aliphatic carbocycles. The van der Waals surface area contributed by atoms with Gasteiger partial charge in [-0.2, -0.15) is 0 Å². The molecule has 6 heteroatoms. The molecule has 0 aliphatic heterocycles. The number of nitrogens with zero attached hydrogens (tertiary/aromatic N) is 1. The molecule has 0 amide bonds. The second-order valence-electron chi connectivity index (χ2n) is 4.42. The average molecular weight is 311 g/mol. The lowest BCUT2D eigenvalue weighted by Crippen LogP contribution is -1.99. The minimum Gasteiger partial charge on any atom is -0.481 e. The number of aliphatic carboxylic acids is 1. The summed E-state index contributed by atoms with van der Waals surface area (Å²) < 4.78 is 13.9. The molecule has 20 heavy (non-hydrogen) atoms. The number of aryl methyl sites for hydroxylation is 2. The molecule has 2 rings (SSSR count). The molecule has 106 valence electrons. The molecule has 0 saturated carbocycles. The van der Waals surface area contributed by atoms with E-state index >= 15 is 0 Å². The Balaban J connectivity index is 2.05. The number of halogens is 1. The van der Waals surface area contributed by atoms with Crippen molar-refractivity contribution in [1.29, 1.82) is 0 Å². The summed E-state index contributed by atoms with van der Waals surface area (Å²) in [6, 6.07) is 4.74. The van der Waals surface area contributed by atoms with Crippen molar-refractivity contribution in [2.45, 2.75) is 30.4 Å². The smallest absolute Gasteiger partial charge is 0.308 e. The van der Waals surface area contributed by atoms with E-state index in [1.165, 1.54) is 23.5 Å². The van der Waals surface area contributed by atoms with Gasteiger partial charge in [0.05, 0.1) is 12.1 Å². The summed E-state index contributed by atoms with van der Waals surface area (Å²) in [5.41, 5.74) is 2.75. The fourth-order valence-corrected chi connectivity index (χ4v) is 4.03. The summed E-state index contributed by atoms with van der Waals surface area (Å²) in [6.45, 7) is 3.70. The van der Waals surface area contributed by atoms with Gasteiger partial charge in [-0.05, 0) is 37.1 Å². The number of benzene rings is 1. The summed E-state index contributed by atoms with van der Waals surface area (Å²) in [7, 11) is 0. The lowest BCUT2D eigenvalue weighted by Gasteiger charge is -2.03. The molecule has 0 bridgehead atoms. The highest BCUT2D eigenvalue weighted by molar-refractivity contribution is 8.00. The van der Waals surface area contributed by atoms with Crippen LogP contribution in [-0.4, -0.2) is 16.1 Å². The molecule has 0 radical (unpaired) electrons. The highest BCUT2D eigenvalue weighted by Gasteiger charge is 2.11. The predicted molar refractivity (Wildman–Crippen MR) is 78.9 cm³/mol. The van der Waals surface area contributed by atoms with Gasteiger partial charge in [0.2, 0.25) is 0 Å². The molecule has 0 atom stereocenters. The highest BCUT2D eigenvalue weighted by Crippen LogP contribution is 2.30. The molecule has 0 saturated heterocycles. The van der Waals surface area contributed by atoms with E-state index in [-0.39, 0.29) is 12.2 Å². The Labute approximate surface area is 124 Å². The van der Waals surface area contributed by atoms with Gasteiger partial charge in [-0.1, -0.05) is 17.8 Å². The summed E-state index contributed by atoms with van der Waals surface area (Å²) in [4.78, 5) is 15.9. The Morgan fingerprint density at radius 2 is 2.20 bits per heavy atom. The monoisotopic (exact) mass is 311 g/mol. The summed E-state index contributed by atoms with van der Waals surface area (Å²) >= 11 is 2.96. The molecule has 1 N–H and O–H groups in total. The van der Waals surface area contributed by atoms with Gasteiger partial charge in [0, 0.05) is 10.6 Å². The molecule has 1 aromatic carbocycles. The lowest BCUT2D eigenvalue weighted by molar-refractivity contribution is -0.136. The van der Waals surface area contributed by atoms with Gasteiger partial charge in [0.15, 0.2) is 4.34 Å². The standard InChI is InChI=1S/C14H14FNO2S2/c1-8-5-11(15)4-3-10(8)7-19-14-16-9(2)12(20-14)6-13(17)18/h3-5H,6-7H2,1-2H3,(H,17,18). The third-order valence-electron chi connectivity index (χ3n) is 2.84. The molecule has 2 aromatic rings. The topological polar surface area (TPSA) is 50.2 Å². The average Bonchev–Trinajstić information content (AvgIpc) is 2.68. The Hall–Kier alpha value is -1.40. The van der Waals surface area contributed by atoms with Crippen LogP contribution < -0.4 is 0 Å². The van der Waals surface area contributed by atoms with Crippen LogP contribution in [0.2, 0.25) is 0 Å². The van der Waals surface area contributed by atoms with E-state index in [1.54, 1.807) is 17.8 Å². The number of thiazole rings is 1. The van der Waals surface area contributed by atoms with E-state index in [0.29, 0.717) is 5.75 Å². The number of hydrogen-bond donors (Lipinski definition) is 1. The van der Waals surface area contributed by atoms with E-state index < -0.39 is 5.97 Å². The maximum atomic E-state index is 13.0. The lowest BCUT2D eigenvalue weighted by atomic mass is 10.1. The van der Waals surface area contributed by atoms with Crippen molar-refractivity contribution < 1.29 is 14.3 Å². The summed E-state index contributed by atoms with van der Waals surface area (Å²) in [6.07, 6.45) is 0.0135. The first-order valence-electron chi connectivity index (χ1n) is 6.01. The van der Waals surface area contributed by atoms with Crippen LogP contribution in [0, 0.1) is 19.7 Å². The van der Waals surface area contributed by atoms with Gasteiger partial charge >= 0.3 is 5.97 Å². The van der Waals surface area contributed by atoms with Crippen molar-refractivity contribution in [2.24, 2.45) is 0 Å². The van der Waals surface area contributed by atoms with Gasteiger partial charge in [-0.3, -0.25) is 4.79 Å². The van der Waals surface area contributed by atoms with Crippen molar-refractivity contribution in [3.05, 3.63) is 45.7 Å². The number of carboxylic acid groups (broad SMARTS) is 1. The van der Waals surface area contributed by atoms with Crippen LogP contribution in [0.25, 0.3) is 0 Å².